The van der Waals surface area contributed by atoms with Crippen LogP contribution in [0.25, 0.3) is 0 Å². The van der Waals surface area contributed by atoms with Crippen LogP contribution in [0.2, 0.25) is 0 Å². The number of carbonyl (C=O) groups is 1. The van der Waals surface area contributed by atoms with Crippen molar-refractivity contribution < 1.29 is 27.1 Å². The number of rotatable bonds is 5. The Morgan fingerprint density at radius 1 is 1.39 bits per heavy atom. The molecule has 150 valence electrons. The highest BCUT2D eigenvalue weighted by Crippen LogP contribution is 2.35. The maximum absolute atomic E-state index is 14.6. The number of aromatic nitrogens is 1. The van der Waals surface area contributed by atoms with Crippen molar-refractivity contribution in [1.29, 1.82) is 0 Å². The highest BCUT2D eigenvalue weighted by Gasteiger charge is 2.37. The van der Waals surface area contributed by atoms with E-state index in [0.717, 1.165) is 25.3 Å². The van der Waals surface area contributed by atoms with Gasteiger partial charge in [0.2, 0.25) is 0 Å². The fraction of sp³-hybridized carbons (Fsp3) is 0.412. The van der Waals surface area contributed by atoms with E-state index in [4.69, 9.17) is 4.42 Å². The van der Waals surface area contributed by atoms with Crippen LogP contribution in [0.3, 0.4) is 0 Å². The summed E-state index contributed by atoms with van der Waals surface area (Å²) < 4.78 is 46.0. The van der Waals surface area contributed by atoms with Gasteiger partial charge in [0, 0.05) is 6.54 Å². The largest absolute Gasteiger partial charge is 0.506 e. The van der Waals surface area contributed by atoms with Gasteiger partial charge in [0.25, 0.3) is 5.91 Å². The minimum absolute atomic E-state index is 0.270. The number of carbonyl (C=O) groups excluding carboxylic acids is 1. The Kier molecular flexibility index (Phi) is 4.71. The van der Waals surface area contributed by atoms with E-state index in [1.165, 1.54) is 18.5 Å². The second-order valence-corrected chi connectivity index (χ2v) is 8.64. The third kappa shape index (κ3) is 3.67. The Bertz CT molecular complexity index is 972. The molecule has 4 rings (SSSR count). The lowest BCUT2D eigenvalue weighted by Gasteiger charge is -2.19. The molecular formula is C17H19FN4O5S. The molecule has 0 radical (unpaired) electrons. The first-order valence-electron chi connectivity index (χ1n) is 8.76. The number of likely N-dealkylation sites (tertiary alicyclic amines) is 1. The minimum Gasteiger partial charge on any atom is -0.506 e. The number of amides is 1. The number of hydrogen-bond donors (Lipinski definition) is 2. The first kappa shape index (κ1) is 18.7. The summed E-state index contributed by atoms with van der Waals surface area (Å²) in [5.41, 5.74) is 0.0570. The maximum atomic E-state index is 14.6. The molecule has 0 aliphatic carbocycles. The number of oxazole rings is 1. The maximum Gasteiger partial charge on any atom is 0.326 e. The molecule has 0 bridgehead atoms. The number of anilines is 1. The Hall–Kier alpha value is -2.66. The molecule has 2 N–H and O–H groups in total. The van der Waals surface area contributed by atoms with Gasteiger partial charge in [-0.05, 0) is 43.0 Å². The van der Waals surface area contributed by atoms with E-state index in [0.29, 0.717) is 22.8 Å². The molecular weight excluding hydrogens is 391 g/mol. The molecule has 2 aromatic rings. The molecule has 1 aromatic carbocycles. The van der Waals surface area contributed by atoms with Crippen LogP contribution in [-0.4, -0.2) is 48.9 Å². The average Bonchev–Trinajstić information content (AvgIpc) is 3.30. The third-order valence-electron chi connectivity index (χ3n) is 4.93. The number of nitrogens with zero attached hydrogens (tertiary/aromatic N) is 3. The number of halogens is 1. The van der Waals surface area contributed by atoms with Crippen molar-refractivity contribution in [2.24, 2.45) is 5.92 Å². The molecule has 2 aliphatic rings. The fourth-order valence-corrected chi connectivity index (χ4v) is 4.92. The lowest BCUT2D eigenvalue weighted by Crippen LogP contribution is -2.30. The van der Waals surface area contributed by atoms with Gasteiger partial charge in [0.05, 0.1) is 12.7 Å². The van der Waals surface area contributed by atoms with Gasteiger partial charge in [0.1, 0.15) is 23.7 Å². The van der Waals surface area contributed by atoms with Crippen molar-refractivity contribution in [2.45, 2.75) is 19.4 Å². The zero-order chi connectivity index (χ0) is 19.9. The van der Waals surface area contributed by atoms with Crippen LogP contribution in [0.5, 0.6) is 5.75 Å². The first-order chi connectivity index (χ1) is 13.3. The van der Waals surface area contributed by atoms with E-state index in [1.807, 2.05) is 0 Å². The van der Waals surface area contributed by atoms with Crippen LogP contribution in [0.1, 0.15) is 17.7 Å². The van der Waals surface area contributed by atoms with Crippen molar-refractivity contribution >= 4 is 21.8 Å². The summed E-state index contributed by atoms with van der Waals surface area (Å²) >= 11 is 0. The number of hydrogen-bond acceptors (Lipinski definition) is 7. The van der Waals surface area contributed by atoms with Gasteiger partial charge in [-0.2, -0.15) is 8.42 Å². The van der Waals surface area contributed by atoms with Gasteiger partial charge >= 0.3 is 10.2 Å². The van der Waals surface area contributed by atoms with E-state index in [1.54, 1.807) is 10.9 Å². The van der Waals surface area contributed by atoms with Gasteiger partial charge in [-0.15, -0.1) is 0 Å². The van der Waals surface area contributed by atoms with Crippen molar-refractivity contribution in [3.8, 4) is 5.75 Å². The molecule has 2 aliphatic heterocycles. The Morgan fingerprint density at radius 2 is 2.21 bits per heavy atom. The number of phenolic OH excluding ortho intramolecular Hbond substituents is 1. The summed E-state index contributed by atoms with van der Waals surface area (Å²) in [5, 5.41) is 10.2. The normalized spacial score (nSPS) is 22.0. The number of nitrogens with one attached hydrogen (secondary N) is 1. The fourth-order valence-electron chi connectivity index (χ4n) is 3.75. The van der Waals surface area contributed by atoms with Gasteiger partial charge in [0.15, 0.2) is 12.2 Å². The Balaban J connectivity index is 1.46. The zero-order valence-electron chi connectivity index (χ0n) is 14.8. The second-order valence-electron chi connectivity index (χ2n) is 7.04. The smallest absolute Gasteiger partial charge is 0.326 e. The Morgan fingerprint density at radius 3 is 2.86 bits per heavy atom. The molecule has 1 amide bonds. The molecule has 28 heavy (non-hydrogen) atoms. The van der Waals surface area contributed by atoms with Crippen LogP contribution in [0, 0.1) is 11.7 Å². The van der Waals surface area contributed by atoms with E-state index in [2.05, 4.69) is 9.88 Å². The molecule has 11 heteroatoms. The standard InChI is InChI=1S/C17H19FN4O5S/c18-14-4-12(3-11-1-2-21(7-11)8-13-6-19-10-27-13)5-15(23)17(14)22-9-16(24)20-28(22,25)26/h4-6,10-11,23H,1-3,7-9H2,(H,20,24). The molecule has 1 unspecified atom stereocenters. The monoisotopic (exact) mass is 410 g/mol. The summed E-state index contributed by atoms with van der Waals surface area (Å²) in [6.07, 6.45) is 4.52. The minimum atomic E-state index is -4.19. The van der Waals surface area contributed by atoms with Crippen LogP contribution >= 0.6 is 0 Å². The quantitative estimate of drug-likeness (QED) is 0.748. The molecule has 1 atom stereocenters. The topological polar surface area (TPSA) is 116 Å². The third-order valence-corrected chi connectivity index (χ3v) is 6.31. The predicted octanol–water partition coefficient (Wildman–Crippen LogP) is 0.765. The second kappa shape index (κ2) is 7.06. The highest BCUT2D eigenvalue weighted by molar-refractivity contribution is 7.92. The number of benzene rings is 1. The van der Waals surface area contributed by atoms with E-state index in [9.17, 15) is 22.7 Å². The Labute approximate surface area is 160 Å². The molecule has 1 aromatic heterocycles. The van der Waals surface area contributed by atoms with Gasteiger partial charge in [-0.25, -0.2) is 18.4 Å². The summed E-state index contributed by atoms with van der Waals surface area (Å²) in [6, 6.07) is 2.57. The van der Waals surface area contributed by atoms with Gasteiger partial charge in [-0.1, -0.05) is 0 Å². The lowest BCUT2D eigenvalue weighted by atomic mass is 9.98. The predicted molar refractivity (Wildman–Crippen MR) is 96.1 cm³/mol. The average molecular weight is 410 g/mol. The van der Waals surface area contributed by atoms with Crippen molar-refractivity contribution in [3.05, 3.63) is 41.9 Å². The molecule has 2 saturated heterocycles. The lowest BCUT2D eigenvalue weighted by molar-refractivity contribution is -0.117. The molecule has 9 nitrogen and oxygen atoms in total. The van der Waals surface area contributed by atoms with Gasteiger partial charge < -0.3 is 9.52 Å². The zero-order valence-corrected chi connectivity index (χ0v) is 15.7. The van der Waals surface area contributed by atoms with Crippen molar-refractivity contribution in [1.82, 2.24) is 14.6 Å². The van der Waals surface area contributed by atoms with E-state index >= 15 is 0 Å². The van der Waals surface area contributed by atoms with Gasteiger partial charge in [-0.3, -0.25) is 9.69 Å². The van der Waals surface area contributed by atoms with Crippen LogP contribution in [-0.2, 0) is 28.0 Å². The molecule has 0 saturated carbocycles. The molecule has 2 fully saturated rings. The highest BCUT2D eigenvalue weighted by atomic mass is 32.2. The van der Waals surface area contributed by atoms with E-state index < -0.39 is 39.9 Å². The van der Waals surface area contributed by atoms with Crippen LogP contribution in [0.15, 0.2) is 29.1 Å². The summed E-state index contributed by atoms with van der Waals surface area (Å²) in [4.78, 5) is 17.5. The van der Waals surface area contributed by atoms with Crippen molar-refractivity contribution in [3.63, 3.8) is 0 Å². The number of aromatic hydroxyl groups is 1. The van der Waals surface area contributed by atoms with Crippen LogP contribution < -0.4 is 9.03 Å². The van der Waals surface area contributed by atoms with E-state index in [-0.39, 0.29) is 5.92 Å². The summed E-state index contributed by atoms with van der Waals surface area (Å²) in [5.74, 6) is -1.12. The summed E-state index contributed by atoms with van der Waals surface area (Å²) in [7, 11) is -4.19. The first-order valence-corrected chi connectivity index (χ1v) is 10.2. The molecule has 3 heterocycles. The van der Waals surface area contributed by atoms with Crippen LogP contribution in [0.4, 0.5) is 10.1 Å². The SMILES string of the molecule is O=C1CN(c2c(O)cc(CC3CCN(Cc4cnco4)C3)cc2F)S(=O)(=O)N1. The number of phenols is 1. The molecule has 0 spiro atoms. The summed E-state index contributed by atoms with van der Waals surface area (Å²) in [6.45, 7) is 1.76. The van der Waals surface area contributed by atoms with Crippen molar-refractivity contribution in [2.75, 3.05) is 23.9 Å².